The van der Waals surface area contributed by atoms with E-state index in [-0.39, 0.29) is 17.5 Å². The van der Waals surface area contributed by atoms with Crippen molar-refractivity contribution in [1.29, 1.82) is 0 Å². The van der Waals surface area contributed by atoms with E-state index >= 15 is 0 Å². The quantitative estimate of drug-likeness (QED) is 0.878. The Morgan fingerprint density at radius 1 is 1.55 bits per heavy atom. The van der Waals surface area contributed by atoms with Gasteiger partial charge in [-0.1, -0.05) is 13.8 Å². The van der Waals surface area contributed by atoms with Crippen LogP contribution in [0, 0.1) is 11.7 Å². The summed E-state index contributed by atoms with van der Waals surface area (Å²) in [6.07, 6.45) is 1.95. The Labute approximate surface area is 128 Å². The van der Waals surface area contributed by atoms with Gasteiger partial charge in [-0.25, -0.2) is 4.39 Å². The first kappa shape index (κ1) is 15.7. The van der Waals surface area contributed by atoms with Crippen molar-refractivity contribution in [2.45, 2.75) is 38.3 Å². The van der Waals surface area contributed by atoms with Crippen LogP contribution in [0.1, 0.15) is 26.7 Å². The van der Waals surface area contributed by atoms with Gasteiger partial charge in [-0.05, 0) is 52.9 Å². The molecule has 3 nitrogen and oxygen atoms in total. The lowest BCUT2D eigenvalue weighted by Gasteiger charge is -2.43. The zero-order chi connectivity index (χ0) is 14.8. The maximum Gasteiger partial charge on any atom is 0.137 e. The van der Waals surface area contributed by atoms with Gasteiger partial charge in [0.05, 0.1) is 16.1 Å². The number of halogens is 2. The summed E-state index contributed by atoms with van der Waals surface area (Å²) in [5.74, 6) is 0.201. The van der Waals surface area contributed by atoms with Gasteiger partial charge in [0.15, 0.2) is 0 Å². The topological polar surface area (TPSA) is 47.3 Å². The van der Waals surface area contributed by atoms with Crippen molar-refractivity contribution in [3.8, 4) is 0 Å². The van der Waals surface area contributed by atoms with Crippen LogP contribution in [0.4, 0.5) is 10.1 Å². The Bertz CT molecular complexity index is 469. The second kappa shape index (κ2) is 6.41. The van der Waals surface area contributed by atoms with E-state index in [9.17, 15) is 4.39 Å². The summed E-state index contributed by atoms with van der Waals surface area (Å²) in [5.41, 5.74) is 6.72. The fraction of sp³-hybridized carbons (Fsp3) is 0.600. The molecule has 5 heteroatoms. The molecule has 1 aliphatic rings. The van der Waals surface area contributed by atoms with Gasteiger partial charge in [0, 0.05) is 18.8 Å². The molecule has 1 aromatic carbocycles. The molecule has 2 rings (SSSR count). The fourth-order valence-corrected chi connectivity index (χ4v) is 2.99. The van der Waals surface area contributed by atoms with E-state index in [4.69, 9.17) is 10.5 Å². The monoisotopic (exact) mass is 344 g/mol. The van der Waals surface area contributed by atoms with Crippen molar-refractivity contribution < 1.29 is 9.13 Å². The summed E-state index contributed by atoms with van der Waals surface area (Å²) < 4.78 is 19.6. The van der Waals surface area contributed by atoms with E-state index in [1.54, 1.807) is 12.1 Å². The van der Waals surface area contributed by atoms with Gasteiger partial charge in [0.25, 0.3) is 0 Å². The van der Waals surface area contributed by atoms with Gasteiger partial charge in [-0.15, -0.1) is 0 Å². The lowest BCUT2D eigenvalue weighted by molar-refractivity contribution is -0.0357. The van der Waals surface area contributed by atoms with Gasteiger partial charge in [-0.3, -0.25) is 0 Å². The van der Waals surface area contributed by atoms with E-state index < -0.39 is 0 Å². The van der Waals surface area contributed by atoms with Crippen LogP contribution in [0.15, 0.2) is 22.7 Å². The summed E-state index contributed by atoms with van der Waals surface area (Å²) in [6.45, 7) is 5.56. The molecule has 0 spiro atoms. The van der Waals surface area contributed by atoms with Crippen LogP contribution in [0.25, 0.3) is 0 Å². The zero-order valence-electron chi connectivity index (χ0n) is 12.0. The molecule has 0 saturated carbocycles. The molecule has 1 aliphatic heterocycles. The molecule has 20 heavy (non-hydrogen) atoms. The number of hydrogen-bond acceptors (Lipinski definition) is 3. The molecule has 1 saturated heterocycles. The molecular formula is C15H22BrFN2O. The summed E-state index contributed by atoms with van der Waals surface area (Å²) >= 11 is 3.21. The molecule has 112 valence electrons. The molecule has 1 aromatic rings. The molecule has 0 aliphatic carbocycles. The highest BCUT2D eigenvalue weighted by molar-refractivity contribution is 9.10. The van der Waals surface area contributed by atoms with E-state index in [2.05, 4.69) is 35.1 Å². The van der Waals surface area contributed by atoms with Crippen molar-refractivity contribution in [2.24, 2.45) is 11.7 Å². The smallest absolute Gasteiger partial charge is 0.137 e. The predicted octanol–water partition coefficient (Wildman–Crippen LogP) is 3.53. The van der Waals surface area contributed by atoms with Crippen LogP contribution in [-0.4, -0.2) is 24.8 Å². The Hall–Kier alpha value is -0.650. The van der Waals surface area contributed by atoms with Crippen molar-refractivity contribution in [1.82, 2.24) is 0 Å². The molecule has 1 heterocycles. The first-order valence-electron chi connectivity index (χ1n) is 7.01. The minimum atomic E-state index is -0.260. The van der Waals surface area contributed by atoms with Crippen LogP contribution in [0.5, 0.6) is 0 Å². The van der Waals surface area contributed by atoms with Crippen LogP contribution in [0.3, 0.4) is 0 Å². The highest BCUT2D eigenvalue weighted by Gasteiger charge is 2.37. The second-order valence-electron chi connectivity index (χ2n) is 5.85. The van der Waals surface area contributed by atoms with Crippen LogP contribution in [-0.2, 0) is 4.74 Å². The molecular weight excluding hydrogens is 323 g/mol. The van der Waals surface area contributed by atoms with Crippen molar-refractivity contribution in [3.05, 3.63) is 28.5 Å². The second-order valence-corrected chi connectivity index (χ2v) is 6.70. The summed E-state index contributed by atoms with van der Waals surface area (Å²) in [7, 11) is 0. The van der Waals surface area contributed by atoms with Crippen molar-refractivity contribution in [3.63, 3.8) is 0 Å². The van der Waals surface area contributed by atoms with Crippen molar-refractivity contribution in [2.75, 3.05) is 18.5 Å². The van der Waals surface area contributed by atoms with Crippen LogP contribution < -0.4 is 11.1 Å². The van der Waals surface area contributed by atoms with E-state index in [1.165, 1.54) is 6.07 Å². The number of nitrogens with one attached hydrogen (secondary N) is 1. The van der Waals surface area contributed by atoms with Gasteiger partial charge in [-0.2, -0.15) is 0 Å². The Morgan fingerprint density at radius 3 is 2.90 bits per heavy atom. The fourth-order valence-electron chi connectivity index (χ4n) is 2.61. The lowest BCUT2D eigenvalue weighted by Crippen LogP contribution is -2.53. The standard InChI is InChI=1S/C15H22BrFN2O/c1-10(2)14-8-15(9-18,5-6-20-14)19-11-3-4-13(17)12(16)7-11/h3-4,7,10,14,19H,5-6,8-9,18H2,1-2H3. The molecule has 2 unspecified atom stereocenters. The Kier molecular flexibility index (Phi) is 5.04. The minimum absolute atomic E-state index is 0.176. The average molecular weight is 345 g/mol. The summed E-state index contributed by atoms with van der Waals surface area (Å²) in [6, 6.07) is 4.96. The molecule has 0 amide bonds. The van der Waals surface area contributed by atoms with E-state index in [0.29, 0.717) is 23.5 Å². The van der Waals surface area contributed by atoms with Crippen LogP contribution in [0.2, 0.25) is 0 Å². The highest BCUT2D eigenvalue weighted by Crippen LogP contribution is 2.32. The number of hydrogen-bond donors (Lipinski definition) is 2. The Morgan fingerprint density at radius 2 is 2.30 bits per heavy atom. The number of anilines is 1. The maximum absolute atomic E-state index is 13.3. The number of ether oxygens (including phenoxy) is 1. The van der Waals surface area contributed by atoms with Crippen LogP contribution >= 0.6 is 15.9 Å². The molecule has 1 fully saturated rings. The maximum atomic E-state index is 13.3. The Balaban J connectivity index is 2.16. The third-order valence-electron chi connectivity index (χ3n) is 3.97. The number of rotatable bonds is 4. The molecule has 2 atom stereocenters. The van der Waals surface area contributed by atoms with E-state index in [1.807, 2.05) is 0 Å². The zero-order valence-corrected chi connectivity index (χ0v) is 13.5. The van der Waals surface area contributed by atoms with Gasteiger partial charge in [0.2, 0.25) is 0 Å². The molecule has 0 radical (unpaired) electrons. The summed E-state index contributed by atoms with van der Waals surface area (Å²) in [4.78, 5) is 0. The average Bonchev–Trinajstić information content (AvgIpc) is 2.43. The van der Waals surface area contributed by atoms with Gasteiger partial charge < -0.3 is 15.8 Å². The first-order chi connectivity index (χ1) is 9.46. The molecule has 3 N–H and O–H groups in total. The lowest BCUT2D eigenvalue weighted by atomic mass is 9.83. The normalized spacial score (nSPS) is 26.8. The highest BCUT2D eigenvalue weighted by atomic mass is 79.9. The number of nitrogens with two attached hydrogens (primary N) is 1. The predicted molar refractivity (Wildman–Crippen MR) is 83.3 cm³/mol. The number of benzene rings is 1. The first-order valence-corrected chi connectivity index (χ1v) is 7.80. The SMILES string of the molecule is CC(C)C1CC(CN)(Nc2ccc(F)c(Br)c2)CCO1. The summed E-state index contributed by atoms with van der Waals surface area (Å²) in [5, 5.41) is 3.50. The molecule has 0 bridgehead atoms. The van der Waals surface area contributed by atoms with Gasteiger partial charge >= 0.3 is 0 Å². The third-order valence-corrected chi connectivity index (χ3v) is 4.58. The van der Waals surface area contributed by atoms with Gasteiger partial charge in [0.1, 0.15) is 5.82 Å². The minimum Gasteiger partial charge on any atom is -0.378 e. The van der Waals surface area contributed by atoms with Crippen molar-refractivity contribution >= 4 is 21.6 Å². The van der Waals surface area contributed by atoms with E-state index in [0.717, 1.165) is 18.5 Å². The third kappa shape index (κ3) is 3.51. The largest absolute Gasteiger partial charge is 0.378 e. The molecule has 0 aromatic heterocycles.